The van der Waals surface area contributed by atoms with Crippen LogP contribution in [0.15, 0.2) is 30.3 Å². The lowest BCUT2D eigenvalue weighted by molar-refractivity contribution is 0.0941. The zero-order valence-electron chi connectivity index (χ0n) is 15.0. The molecule has 134 valence electrons. The number of carbonyl (C=O) groups excluding carboxylic acids is 1. The van der Waals surface area contributed by atoms with Crippen LogP contribution in [0.4, 0.5) is 0 Å². The minimum Gasteiger partial charge on any atom is -0.496 e. The molecule has 1 aliphatic rings. The Morgan fingerprint density at radius 3 is 2.76 bits per heavy atom. The van der Waals surface area contributed by atoms with Crippen LogP contribution in [0, 0.1) is 0 Å². The third-order valence-electron chi connectivity index (χ3n) is 4.66. The van der Waals surface area contributed by atoms with E-state index in [-0.39, 0.29) is 5.91 Å². The molecule has 1 aromatic carbocycles. The number of hydrogen-bond acceptors (Lipinski definition) is 4. The average molecular weight is 342 g/mol. The summed E-state index contributed by atoms with van der Waals surface area (Å²) in [6, 6.07) is 9.55. The maximum absolute atomic E-state index is 12.4. The van der Waals surface area contributed by atoms with Gasteiger partial charge in [0.2, 0.25) is 0 Å². The van der Waals surface area contributed by atoms with Crippen LogP contribution in [0.1, 0.15) is 29.8 Å². The fourth-order valence-electron chi connectivity index (χ4n) is 3.29. The first kappa shape index (κ1) is 17.5. The summed E-state index contributed by atoms with van der Waals surface area (Å²) in [6.07, 6.45) is 3.84. The first-order chi connectivity index (χ1) is 12.2. The van der Waals surface area contributed by atoms with Crippen LogP contribution in [0.25, 0.3) is 11.3 Å². The summed E-state index contributed by atoms with van der Waals surface area (Å²) in [5, 5.41) is 7.34. The first-order valence-electron chi connectivity index (χ1n) is 8.87. The molecule has 0 unspecified atom stereocenters. The number of aryl methyl sites for hydroxylation is 1. The van der Waals surface area contributed by atoms with Gasteiger partial charge in [0.05, 0.1) is 12.8 Å². The Labute approximate surface area is 148 Å². The van der Waals surface area contributed by atoms with Crippen molar-refractivity contribution >= 4 is 5.91 Å². The Morgan fingerprint density at radius 2 is 2.00 bits per heavy atom. The van der Waals surface area contributed by atoms with E-state index in [4.69, 9.17) is 4.74 Å². The van der Waals surface area contributed by atoms with Crippen molar-refractivity contribution in [3.8, 4) is 17.0 Å². The van der Waals surface area contributed by atoms with Crippen molar-refractivity contribution in [2.45, 2.75) is 19.3 Å². The van der Waals surface area contributed by atoms with Gasteiger partial charge in [-0.05, 0) is 44.1 Å². The van der Waals surface area contributed by atoms with Crippen molar-refractivity contribution in [2.75, 3.05) is 33.3 Å². The van der Waals surface area contributed by atoms with E-state index in [2.05, 4.69) is 15.3 Å². The molecule has 0 radical (unpaired) electrons. The number of hydrogen-bond donors (Lipinski definition) is 1. The number of aromatic nitrogens is 2. The van der Waals surface area contributed by atoms with E-state index in [0.29, 0.717) is 12.2 Å². The smallest absolute Gasteiger partial charge is 0.271 e. The van der Waals surface area contributed by atoms with E-state index >= 15 is 0 Å². The van der Waals surface area contributed by atoms with Gasteiger partial charge in [0.15, 0.2) is 5.69 Å². The summed E-state index contributed by atoms with van der Waals surface area (Å²) < 4.78 is 7.13. The highest BCUT2D eigenvalue weighted by atomic mass is 16.5. The standard InChI is InChI=1S/C19H26N4O2/c1-22-17(15-8-4-5-9-18(15)25-2)14-16(21-22)19(24)20-10-13-23-11-6-3-7-12-23/h4-5,8-9,14H,3,6-7,10-13H2,1-2H3,(H,20,24). The van der Waals surface area contributed by atoms with Crippen molar-refractivity contribution in [1.29, 1.82) is 0 Å². The van der Waals surface area contributed by atoms with Gasteiger partial charge in [0.25, 0.3) is 5.91 Å². The fourth-order valence-corrected chi connectivity index (χ4v) is 3.29. The maximum atomic E-state index is 12.4. The van der Waals surface area contributed by atoms with Gasteiger partial charge in [-0.1, -0.05) is 18.6 Å². The number of likely N-dealkylation sites (tertiary alicyclic amines) is 1. The molecule has 1 N–H and O–H groups in total. The highest BCUT2D eigenvalue weighted by Gasteiger charge is 2.16. The molecule has 25 heavy (non-hydrogen) atoms. The molecule has 1 aromatic heterocycles. The van der Waals surface area contributed by atoms with Gasteiger partial charge in [-0.15, -0.1) is 0 Å². The lowest BCUT2D eigenvalue weighted by Gasteiger charge is -2.26. The molecule has 2 aromatic rings. The number of methoxy groups -OCH3 is 1. The van der Waals surface area contributed by atoms with E-state index < -0.39 is 0 Å². The summed E-state index contributed by atoms with van der Waals surface area (Å²) in [5.41, 5.74) is 2.22. The minimum absolute atomic E-state index is 0.131. The molecule has 0 saturated carbocycles. The van der Waals surface area contributed by atoms with Gasteiger partial charge in [-0.2, -0.15) is 5.10 Å². The third kappa shape index (κ3) is 4.20. The topological polar surface area (TPSA) is 59.4 Å². The first-order valence-corrected chi connectivity index (χ1v) is 8.87. The fraction of sp³-hybridized carbons (Fsp3) is 0.474. The largest absolute Gasteiger partial charge is 0.496 e. The minimum atomic E-state index is -0.131. The van der Waals surface area contributed by atoms with Crippen molar-refractivity contribution in [3.05, 3.63) is 36.0 Å². The van der Waals surface area contributed by atoms with Crippen molar-refractivity contribution in [1.82, 2.24) is 20.0 Å². The van der Waals surface area contributed by atoms with Crippen molar-refractivity contribution in [2.24, 2.45) is 7.05 Å². The summed E-state index contributed by atoms with van der Waals surface area (Å²) in [5.74, 6) is 0.635. The highest BCUT2D eigenvalue weighted by Crippen LogP contribution is 2.29. The van der Waals surface area contributed by atoms with Gasteiger partial charge in [0.1, 0.15) is 5.75 Å². The molecular weight excluding hydrogens is 316 g/mol. The molecule has 1 saturated heterocycles. The number of rotatable bonds is 6. The molecule has 6 nitrogen and oxygen atoms in total. The molecule has 3 rings (SSSR count). The number of para-hydroxylation sites is 1. The van der Waals surface area contributed by atoms with Crippen molar-refractivity contribution in [3.63, 3.8) is 0 Å². The van der Waals surface area contributed by atoms with Gasteiger partial charge in [0, 0.05) is 25.7 Å². The molecule has 1 fully saturated rings. The normalized spacial score (nSPS) is 15.1. The summed E-state index contributed by atoms with van der Waals surface area (Å²) in [4.78, 5) is 14.8. The van der Waals surface area contributed by atoms with Gasteiger partial charge < -0.3 is 15.0 Å². The average Bonchev–Trinajstić information content (AvgIpc) is 3.04. The molecule has 0 atom stereocenters. The quantitative estimate of drug-likeness (QED) is 0.875. The molecule has 2 heterocycles. The summed E-state index contributed by atoms with van der Waals surface area (Å²) >= 11 is 0. The number of carbonyl (C=O) groups is 1. The molecule has 1 aliphatic heterocycles. The van der Waals surface area contributed by atoms with E-state index in [9.17, 15) is 4.79 Å². The number of nitrogens with zero attached hydrogens (tertiary/aromatic N) is 3. The number of benzene rings is 1. The van der Waals surface area contributed by atoms with Gasteiger partial charge >= 0.3 is 0 Å². The second kappa shape index (κ2) is 8.16. The molecule has 0 bridgehead atoms. The van der Waals surface area contributed by atoms with Crippen LogP contribution in [0.3, 0.4) is 0 Å². The molecule has 1 amide bonds. The molecule has 0 aliphatic carbocycles. The number of ether oxygens (including phenoxy) is 1. The number of nitrogens with one attached hydrogen (secondary N) is 1. The Morgan fingerprint density at radius 1 is 1.24 bits per heavy atom. The maximum Gasteiger partial charge on any atom is 0.271 e. The second-order valence-electron chi connectivity index (χ2n) is 6.40. The van der Waals surface area contributed by atoms with Gasteiger partial charge in [-0.3, -0.25) is 9.48 Å². The predicted octanol–water partition coefficient (Wildman–Crippen LogP) is 2.31. The van der Waals surface area contributed by atoms with Crippen LogP contribution in [0.5, 0.6) is 5.75 Å². The predicted molar refractivity (Wildman–Crippen MR) is 97.8 cm³/mol. The van der Waals surface area contributed by atoms with Crippen LogP contribution < -0.4 is 10.1 Å². The molecular formula is C19H26N4O2. The number of amides is 1. The van der Waals surface area contributed by atoms with Crippen LogP contribution in [-0.4, -0.2) is 53.9 Å². The monoisotopic (exact) mass is 342 g/mol. The number of piperidine rings is 1. The van der Waals surface area contributed by atoms with Gasteiger partial charge in [-0.25, -0.2) is 0 Å². The lowest BCUT2D eigenvalue weighted by Crippen LogP contribution is -2.37. The zero-order valence-corrected chi connectivity index (χ0v) is 15.0. The molecule has 6 heteroatoms. The van der Waals surface area contributed by atoms with E-state index in [0.717, 1.165) is 36.6 Å². The molecule has 0 spiro atoms. The van der Waals surface area contributed by atoms with Crippen LogP contribution >= 0.6 is 0 Å². The van der Waals surface area contributed by atoms with Crippen LogP contribution in [0.2, 0.25) is 0 Å². The summed E-state index contributed by atoms with van der Waals surface area (Å²) in [7, 11) is 3.48. The zero-order chi connectivity index (χ0) is 17.6. The Bertz CT molecular complexity index is 720. The lowest BCUT2D eigenvalue weighted by atomic mass is 10.1. The Kier molecular flexibility index (Phi) is 5.71. The summed E-state index contributed by atoms with van der Waals surface area (Å²) in [6.45, 7) is 3.83. The Hall–Kier alpha value is -2.34. The van der Waals surface area contributed by atoms with Crippen LogP contribution in [-0.2, 0) is 7.05 Å². The third-order valence-corrected chi connectivity index (χ3v) is 4.66. The van der Waals surface area contributed by atoms with Crippen molar-refractivity contribution < 1.29 is 9.53 Å². The Balaban J connectivity index is 1.64. The highest BCUT2D eigenvalue weighted by molar-refractivity contribution is 5.93. The van der Waals surface area contributed by atoms with E-state index in [1.54, 1.807) is 11.8 Å². The SMILES string of the molecule is COc1ccccc1-c1cc(C(=O)NCCN2CCCCC2)nn1C. The van der Waals surface area contributed by atoms with E-state index in [1.807, 2.05) is 37.4 Å². The second-order valence-corrected chi connectivity index (χ2v) is 6.40. The van der Waals surface area contributed by atoms with E-state index in [1.165, 1.54) is 19.3 Å².